The first-order valence-electron chi connectivity index (χ1n) is 8.10. The highest BCUT2D eigenvalue weighted by Gasteiger charge is 2.12. The Balaban J connectivity index is 1.68. The van der Waals surface area contributed by atoms with Crippen LogP contribution in [-0.2, 0) is 17.6 Å². The normalized spacial score (nSPS) is 10.9. The van der Waals surface area contributed by atoms with Crippen LogP contribution in [0.2, 0.25) is 0 Å². The molecule has 0 spiro atoms. The highest BCUT2D eigenvalue weighted by Crippen LogP contribution is 2.25. The summed E-state index contributed by atoms with van der Waals surface area (Å²) in [7, 11) is 0. The minimum absolute atomic E-state index is 0.0437. The zero-order valence-electron chi connectivity index (χ0n) is 13.8. The van der Waals surface area contributed by atoms with E-state index in [9.17, 15) is 4.79 Å². The second-order valence-electron chi connectivity index (χ2n) is 5.44. The molecule has 0 bridgehead atoms. The maximum atomic E-state index is 12.3. The number of nitrogens with zero attached hydrogens (tertiary/aromatic N) is 1. The first kappa shape index (κ1) is 16.6. The van der Waals surface area contributed by atoms with Crippen LogP contribution in [0.5, 0.6) is 0 Å². The van der Waals surface area contributed by atoms with Gasteiger partial charge in [0.1, 0.15) is 5.52 Å². The number of amides is 1. The van der Waals surface area contributed by atoms with Crippen molar-refractivity contribution in [2.24, 2.45) is 0 Å². The van der Waals surface area contributed by atoms with Gasteiger partial charge in [-0.2, -0.15) is 0 Å². The van der Waals surface area contributed by atoms with Gasteiger partial charge in [0.15, 0.2) is 5.58 Å². The van der Waals surface area contributed by atoms with Crippen LogP contribution < -0.4 is 5.32 Å². The smallest absolute Gasteiger partial charge is 0.257 e. The van der Waals surface area contributed by atoms with Crippen molar-refractivity contribution in [3.05, 3.63) is 53.6 Å². The summed E-state index contributed by atoms with van der Waals surface area (Å²) in [6.07, 6.45) is 1.78. The summed E-state index contributed by atoms with van der Waals surface area (Å²) in [4.78, 5) is 16.7. The van der Waals surface area contributed by atoms with Gasteiger partial charge in [-0.1, -0.05) is 55.9 Å². The van der Waals surface area contributed by atoms with Gasteiger partial charge in [-0.25, -0.2) is 4.98 Å². The topological polar surface area (TPSA) is 55.1 Å². The van der Waals surface area contributed by atoms with Crippen molar-refractivity contribution in [1.29, 1.82) is 0 Å². The van der Waals surface area contributed by atoms with E-state index in [0.29, 0.717) is 5.22 Å². The summed E-state index contributed by atoms with van der Waals surface area (Å²) >= 11 is 1.31. The van der Waals surface area contributed by atoms with Gasteiger partial charge >= 0.3 is 0 Å². The number of hydrogen-bond acceptors (Lipinski definition) is 4. The molecule has 0 fully saturated rings. The van der Waals surface area contributed by atoms with E-state index in [-0.39, 0.29) is 11.7 Å². The van der Waals surface area contributed by atoms with E-state index in [2.05, 4.69) is 36.3 Å². The number of anilines is 1. The number of aryl methyl sites for hydroxylation is 2. The summed E-state index contributed by atoms with van der Waals surface area (Å²) < 4.78 is 5.63. The Bertz CT molecular complexity index is 802. The molecule has 1 N–H and O–H groups in total. The van der Waals surface area contributed by atoms with Gasteiger partial charge in [-0.05, 0) is 36.1 Å². The van der Waals surface area contributed by atoms with Crippen molar-refractivity contribution in [2.75, 3.05) is 11.1 Å². The summed E-state index contributed by atoms with van der Waals surface area (Å²) in [5.41, 5.74) is 4.82. The third-order valence-corrected chi connectivity index (χ3v) is 4.69. The fourth-order valence-corrected chi connectivity index (χ4v) is 3.26. The van der Waals surface area contributed by atoms with Crippen molar-refractivity contribution in [1.82, 2.24) is 4.98 Å². The number of oxazole rings is 1. The number of rotatable bonds is 6. The standard InChI is InChI=1S/C19H20N2O2S/c1-3-13-8-7-9-14(4-2)18(13)21-17(22)12-24-19-20-15-10-5-6-11-16(15)23-19/h5-11H,3-4,12H2,1-2H3,(H,21,22). The SMILES string of the molecule is CCc1cccc(CC)c1NC(=O)CSc1nc2ccccc2o1. The maximum Gasteiger partial charge on any atom is 0.257 e. The molecule has 0 atom stereocenters. The fraction of sp³-hybridized carbons (Fsp3) is 0.263. The Hall–Kier alpha value is -2.27. The quantitative estimate of drug-likeness (QED) is 0.662. The van der Waals surface area contributed by atoms with E-state index < -0.39 is 0 Å². The van der Waals surface area contributed by atoms with Crippen LogP contribution in [0.25, 0.3) is 11.1 Å². The second-order valence-corrected chi connectivity index (χ2v) is 6.37. The Morgan fingerprint density at radius 1 is 1.08 bits per heavy atom. The Labute approximate surface area is 145 Å². The van der Waals surface area contributed by atoms with Crippen LogP contribution in [0.3, 0.4) is 0 Å². The molecule has 5 heteroatoms. The molecule has 24 heavy (non-hydrogen) atoms. The van der Waals surface area contributed by atoms with Gasteiger partial charge in [0.2, 0.25) is 5.91 Å². The number of aromatic nitrogens is 1. The molecule has 124 valence electrons. The molecule has 4 nitrogen and oxygen atoms in total. The zero-order chi connectivity index (χ0) is 16.9. The van der Waals surface area contributed by atoms with Crippen LogP contribution in [0, 0.1) is 0 Å². The van der Waals surface area contributed by atoms with Gasteiger partial charge in [-0.15, -0.1) is 0 Å². The van der Waals surface area contributed by atoms with Crippen LogP contribution in [0.1, 0.15) is 25.0 Å². The first-order valence-corrected chi connectivity index (χ1v) is 9.08. The minimum Gasteiger partial charge on any atom is -0.431 e. The van der Waals surface area contributed by atoms with E-state index in [1.165, 1.54) is 11.8 Å². The summed E-state index contributed by atoms with van der Waals surface area (Å²) in [6.45, 7) is 4.19. The molecule has 1 heterocycles. The number of thioether (sulfide) groups is 1. The molecule has 3 aromatic rings. The van der Waals surface area contributed by atoms with Crippen LogP contribution in [0.15, 0.2) is 52.1 Å². The van der Waals surface area contributed by atoms with Crippen LogP contribution in [0.4, 0.5) is 5.69 Å². The highest BCUT2D eigenvalue weighted by atomic mass is 32.2. The Kier molecular flexibility index (Phi) is 5.20. The van der Waals surface area contributed by atoms with Crippen LogP contribution >= 0.6 is 11.8 Å². The van der Waals surface area contributed by atoms with E-state index in [0.717, 1.165) is 40.8 Å². The van der Waals surface area contributed by atoms with E-state index >= 15 is 0 Å². The van der Waals surface area contributed by atoms with Gasteiger partial charge in [0.05, 0.1) is 5.75 Å². The molecule has 0 aliphatic heterocycles. The van der Waals surface area contributed by atoms with Crippen molar-refractivity contribution in [2.45, 2.75) is 31.9 Å². The first-order chi connectivity index (χ1) is 11.7. The van der Waals surface area contributed by atoms with Crippen molar-refractivity contribution < 1.29 is 9.21 Å². The number of carbonyl (C=O) groups is 1. The lowest BCUT2D eigenvalue weighted by Gasteiger charge is -2.14. The summed E-state index contributed by atoms with van der Waals surface area (Å²) in [6, 6.07) is 13.7. The molecule has 1 amide bonds. The average Bonchev–Trinajstić information content (AvgIpc) is 3.03. The zero-order valence-corrected chi connectivity index (χ0v) is 14.7. The van der Waals surface area contributed by atoms with Gasteiger partial charge < -0.3 is 9.73 Å². The van der Waals surface area contributed by atoms with Gasteiger partial charge in [0, 0.05) is 5.69 Å². The largest absolute Gasteiger partial charge is 0.431 e. The number of para-hydroxylation sites is 3. The number of hydrogen-bond donors (Lipinski definition) is 1. The molecular weight excluding hydrogens is 320 g/mol. The van der Waals surface area contributed by atoms with Crippen molar-refractivity contribution in [3.8, 4) is 0 Å². The number of carbonyl (C=O) groups excluding carboxylic acids is 1. The van der Waals surface area contributed by atoms with E-state index in [1.54, 1.807) is 0 Å². The highest BCUT2D eigenvalue weighted by molar-refractivity contribution is 7.99. The third kappa shape index (κ3) is 3.62. The van der Waals surface area contributed by atoms with Gasteiger partial charge in [-0.3, -0.25) is 4.79 Å². The lowest BCUT2D eigenvalue weighted by Crippen LogP contribution is -2.16. The predicted octanol–water partition coefficient (Wildman–Crippen LogP) is 4.68. The average molecular weight is 340 g/mol. The molecular formula is C19H20N2O2S. The lowest BCUT2D eigenvalue weighted by molar-refractivity contribution is -0.113. The maximum absolute atomic E-state index is 12.3. The summed E-state index contributed by atoms with van der Waals surface area (Å²) in [5, 5.41) is 3.58. The molecule has 2 aromatic carbocycles. The van der Waals surface area contributed by atoms with Crippen LogP contribution in [-0.4, -0.2) is 16.6 Å². The Morgan fingerprint density at radius 2 is 1.79 bits per heavy atom. The van der Waals surface area contributed by atoms with Crippen molar-refractivity contribution in [3.63, 3.8) is 0 Å². The predicted molar refractivity (Wildman–Crippen MR) is 98.6 cm³/mol. The number of benzene rings is 2. The minimum atomic E-state index is -0.0437. The molecule has 0 aliphatic rings. The number of fused-ring (bicyclic) bond motifs is 1. The molecule has 1 aromatic heterocycles. The summed E-state index contributed by atoms with van der Waals surface area (Å²) in [5.74, 6) is 0.228. The second kappa shape index (κ2) is 7.53. The Morgan fingerprint density at radius 3 is 2.46 bits per heavy atom. The van der Waals surface area contributed by atoms with Gasteiger partial charge in [0.25, 0.3) is 5.22 Å². The molecule has 0 saturated carbocycles. The monoisotopic (exact) mass is 340 g/mol. The molecule has 0 unspecified atom stereocenters. The molecule has 0 aliphatic carbocycles. The molecule has 3 rings (SSSR count). The number of nitrogens with one attached hydrogen (secondary N) is 1. The third-order valence-electron chi connectivity index (χ3n) is 3.86. The fourth-order valence-electron chi connectivity index (χ4n) is 2.62. The molecule has 0 saturated heterocycles. The molecule has 0 radical (unpaired) electrons. The lowest BCUT2D eigenvalue weighted by atomic mass is 10.0. The van der Waals surface area contributed by atoms with Crippen molar-refractivity contribution >= 4 is 34.5 Å². The van der Waals surface area contributed by atoms with E-state index in [1.807, 2.05) is 30.3 Å². The van der Waals surface area contributed by atoms with E-state index in [4.69, 9.17) is 4.42 Å².